The van der Waals surface area contributed by atoms with Crippen LogP contribution < -0.4 is 10.1 Å². The van der Waals surface area contributed by atoms with Gasteiger partial charge in [-0.05, 0) is 29.8 Å². The zero-order valence-corrected chi connectivity index (χ0v) is 14.4. The van der Waals surface area contributed by atoms with Gasteiger partial charge < -0.3 is 14.6 Å². The number of hydrogen-bond donors (Lipinski definition) is 1. The molecule has 2 aromatic heterocycles. The minimum absolute atomic E-state index is 0.115. The number of amides is 1. The molecule has 2 heterocycles. The maximum absolute atomic E-state index is 12.5. The Morgan fingerprint density at radius 1 is 1.19 bits per heavy atom. The van der Waals surface area contributed by atoms with E-state index in [4.69, 9.17) is 0 Å². The Bertz CT molecular complexity index is 900. The lowest BCUT2D eigenvalue weighted by molar-refractivity contribution is -0.153. The largest absolute Gasteiger partial charge is 0.484 e. The van der Waals surface area contributed by atoms with E-state index < -0.39 is 12.8 Å². The average Bonchev–Trinajstić information content (AvgIpc) is 3.27. The van der Waals surface area contributed by atoms with Gasteiger partial charge in [-0.25, -0.2) is 0 Å². The number of carbonyl (C=O) groups is 1. The van der Waals surface area contributed by atoms with Crippen molar-refractivity contribution in [1.82, 2.24) is 19.7 Å². The highest BCUT2D eigenvalue weighted by Gasteiger charge is 2.28. The third kappa shape index (κ3) is 4.69. The van der Waals surface area contributed by atoms with Gasteiger partial charge in [0.1, 0.15) is 17.1 Å². The molecule has 6 nitrogen and oxygen atoms in total. The zero-order valence-electron chi connectivity index (χ0n) is 14.4. The normalized spacial score (nSPS) is 11.4. The molecule has 0 aliphatic heterocycles. The summed E-state index contributed by atoms with van der Waals surface area (Å²) in [5, 5.41) is 6.91. The number of ether oxygens (including phenoxy) is 1. The maximum atomic E-state index is 12.5. The van der Waals surface area contributed by atoms with Crippen molar-refractivity contribution in [2.75, 3.05) is 6.61 Å². The van der Waals surface area contributed by atoms with E-state index in [0.29, 0.717) is 11.4 Å². The number of hydrogen-bond acceptors (Lipinski definition) is 3. The van der Waals surface area contributed by atoms with E-state index in [1.54, 1.807) is 28.4 Å². The van der Waals surface area contributed by atoms with E-state index in [-0.39, 0.29) is 18.2 Å². The summed E-state index contributed by atoms with van der Waals surface area (Å²) in [6.45, 7) is -1.12. The Morgan fingerprint density at radius 2 is 1.85 bits per heavy atom. The Morgan fingerprint density at radius 3 is 2.48 bits per heavy atom. The predicted octanol–water partition coefficient (Wildman–Crippen LogP) is 3.08. The molecular weight excluding hydrogens is 361 g/mol. The number of halogens is 3. The third-order valence-electron chi connectivity index (χ3n) is 3.78. The Balaban J connectivity index is 1.62. The first-order chi connectivity index (χ1) is 12.8. The predicted molar refractivity (Wildman–Crippen MR) is 91.7 cm³/mol. The van der Waals surface area contributed by atoms with E-state index >= 15 is 0 Å². The number of nitrogens with one attached hydrogen (secondary N) is 1. The van der Waals surface area contributed by atoms with Crippen molar-refractivity contribution in [3.8, 4) is 11.6 Å². The summed E-state index contributed by atoms with van der Waals surface area (Å²) in [6.07, 6.45) is 0.730. The highest BCUT2D eigenvalue weighted by atomic mass is 19.4. The van der Waals surface area contributed by atoms with Crippen LogP contribution >= 0.6 is 0 Å². The summed E-state index contributed by atoms with van der Waals surface area (Å²) in [5.41, 5.74) is 1.15. The zero-order chi connectivity index (χ0) is 19.4. The number of rotatable bonds is 6. The lowest BCUT2D eigenvalue weighted by atomic mass is 10.2. The summed E-state index contributed by atoms with van der Waals surface area (Å²) >= 11 is 0. The Hall–Kier alpha value is -3.23. The third-order valence-corrected chi connectivity index (χ3v) is 3.78. The molecule has 9 heteroatoms. The van der Waals surface area contributed by atoms with Crippen LogP contribution in [-0.4, -0.2) is 33.0 Å². The van der Waals surface area contributed by atoms with Crippen molar-refractivity contribution < 1.29 is 22.7 Å². The first-order valence-electron chi connectivity index (χ1n) is 8.05. The summed E-state index contributed by atoms with van der Waals surface area (Å²) in [5.74, 6) is 0.446. The van der Waals surface area contributed by atoms with Gasteiger partial charge in [0, 0.05) is 26.0 Å². The Labute approximate surface area is 153 Å². The van der Waals surface area contributed by atoms with Gasteiger partial charge in [-0.2, -0.15) is 18.3 Å². The Kier molecular flexibility index (Phi) is 5.20. The quantitative estimate of drug-likeness (QED) is 0.717. The fourth-order valence-electron chi connectivity index (χ4n) is 2.52. The van der Waals surface area contributed by atoms with Crippen LogP contribution in [0.4, 0.5) is 13.2 Å². The number of aryl methyl sites for hydroxylation is 1. The van der Waals surface area contributed by atoms with Gasteiger partial charge in [-0.1, -0.05) is 12.1 Å². The minimum Gasteiger partial charge on any atom is -0.484 e. The monoisotopic (exact) mass is 378 g/mol. The van der Waals surface area contributed by atoms with Gasteiger partial charge in [0.05, 0.1) is 6.20 Å². The molecule has 0 aliphatic rings. The maximum Gasteiger partial charge on any atom is 0.422 e. The molecule has 0 fully saturated rings. The minimum atomic E-state index is -4.38. The summed E-state index contributed by atoms with van der Waals surface area (Å²) < 4.78 is 44.5. The number of nitrogens with zero attached hydrogens (tertiary/aromatic N) is 3. The molecule has 0 aliphatic carbocycles. The molecule has 3 aromatic rings. The molecule has 1 amide bonds. The van der Waals surface area contributed by atoms with Crippen molar-refractivity contribution >= 4 is 5.91 Å². The summed E-state index contributed by atoms with van der Waals surface area (Å²) in [4.78, 5) is 12.5. The lowest BCUT2D eigenvalue weighted by Crippen LogP contribution is -2.24. The van der Waals surface area contributed by atoms with Crippen molar-refractivity contribution in [1.29, 1.82) is 0 Å². The molecule has 27 heavy (non-hydrogen) atoms. The van der Waals surface area contributed by atoms with Crippen LogP contribution in [0.15, 0.2) is 55.0 Å². The van der Waals surface area contributed by atoms with Gasteiger partial charge in [-0.3, -0.25) is 9.48 Å². The highest BCUT2D eigenvalue weighted by molar-refractivity contribution is 5.97. The average molecular weight is 378 g/mol. The van der Waals surface area contributed by atoms with E-state index in [2.05, 4.69) is 15.2 Å². The number of aromatic nitrogens is 3. The summed E-state index contributed by atoms with van der Waals surface area (Å²) in [7, 11) is 1.74. The molecule has 0 unspecified atom stereocenters. The smallest absolute Gasteiger partial charge is 0.422 e. The van der Waals surface area contributed by atoms with Crippen LogP contribution in [0.25, 0.3) is 5.82 Å². The standard InChI is InChI=1S/C18H17F3N4O2/c1-24-17(25-8-2-3-9-25)15(11-23-24)16(26)22-10-13-4-6-14(7-5-13)27-12-18(19,20)21/h2-9,11H,10,12H2,1H3,(H,22,26). The first-order valence-corrected chi connectivity index (χ1v) is 8.05. The first kappa shape index (κ1) is 18.6. The van der Waals surface area contributed by atoms with Gasteiger partial charge >= 0.3 is 6.18 Å². The van der Waals surface area contributed by atoms with E-state index in [0.717, 1.165) is 5.56 Å². The topological polar surface area (TPSA) is 61.1 Å². The van der Waals surface area contributed by atoms with Gasteiger partial charge in [0.15, 0.2) is 6.61 Å². The second kappa shape index (κ2) is 7.56. The van der Waals surface area contributed by atoms with E-state index in [9.17, 15) is 18.0 Å². The molecule has 0 atom stereocenters. The molecule has 3 rings (SSSR count). The van der Waals surface area contributed by atoms with Crippen LogP contribution in [-0.2, 0) is 13.6 Å². The van der Waals surface area contributed by atoms with Crippen molar-refractivity contribution in [2.45, 2.75) is 12.7 Å². The highest BCUT2D eigenvalue weighted by Crippen LogP contribution is 2.19. The van der Waals surface area contributed by atoms with Crippen LogP contribution in [0.3, 0.4) is 0 Å². The molecule has 1 N–H and O–H groups in total. The molecule has 142 valence electrons. The second-order valence-corrected chi connectivity index (χ2v) is 5.83. The van der Waals surface area contributed by atoms with Gasteiger partial charge in [-0.15, -0.1) is 0 Å². The van der Waals surface area contributed by atoms with Crippen molar-refractivity contribution in [3.05, 3.63) is 66.1 Å². The second-order valence-electron chi connectivity index (χ2n) is 5.83. The molecule has 0 radical (unpaired) electrons. The SMILES string of the molecule is Cn1ncc(C(=O)NCc2ccc(OCC(F)(F)F)cc2)c1-n1cccc1. The van der Waals surface area contributed by atoms with E-state index in [1.165, 1.54) is 18.3 Å². The number of carbonyl (C=O) groups excluding carboxylic acids is 1. The van der Waals surface area contributed by atoms with Gasteiger partial charge in [0.2, 0.25) is 0 Å². The molecule has 0 saturated carbocycles. The number of alkyl halides is 3. The van der Waals surface area contributed by atoms with Crippen LogP contribution in [0.1, 0.15) is 15.9 Å². The van der Waals surface area contributed by atoms with Crippen LogP contribution in [0.5, 0.6) is 5.75 Å². The van der Waals surface area contributed by atoms with Gasteiger partial charge in [0.25, 0.3) is 5.91 Å². The fraction of sp³-hybridized carbons (Fsp3) is 0.222. The van der Waals surface area contributed by atoms with Crippen molar-refractivity contribution in [2.24, 2.45) is 7.05 Å². The fourth-order valence-corrected chi connectivity index (χ4v) is 2.52. The van der Waals surface area contributed by atoms with E-state index in [1.807, 2.05) is 24.5 Å². The summed E-state index contributed by atoms with van der Waals surface area (Å²) in [6, 6.07) is 9.75. The molecule has 0 bridgehead atoms. The number of benzene rings is 1. The molecule has 0 saturated heterocycles. The van der Waals surface area contributed by atoms with Crippen LogP contribution in [0, 0.1) is 0 Å². The van der Waals surface area contributed by atoms with Crippen molar-refractivity contribution in [3.63, 3.8) is 0 Å². The molecule has 1 aromatic carbocycles. The lowest BCUT2D eigenvalue weighted by Gasteiger charge is -2.10. The molecule has 0 spiro atoms. The van der Waals surface area contributed by atoms with Crippen LogP contribution in [0.2, 0.25) is 0 Å². The molecular formula is C18H17F3N4O2.